The molecule has 0 bridgehead atoms. The van der Waals surface area contributed by atoms with Gasteiger partial charge in [0.2, 0.25) is 5.91 Å². The van der Waals surface area contributed by atoms with Crippen molar-refractivity contribution >= 4 is 46.7 Å². The number of anilines is 2. The van der Waals surface area contributed by atoms with Crippen LogP contribution >= 0.6 is 23.2 Å². The second-order valence-corrected chi connectivity index (χ2v) is 11.9. The summed E-state index contributed by atoms with van der Waals surface area (Å²) in [5.41, 5.74) is 3.80. The molecule has 2 aromatic carbocycles. The van der Waals surface area contributed by atoms with Gasteiger partial charge in [-0.15, -0.1) is 0 Å². The number of ether oxygens (including phenoxy) is 2. The van der Waals surface area contributed by atoms with Gasteiger partial charge in [0, 0.05) is 72.3 Å². The number of nitrogens with one attached hydrogen (secondary N) is 3. The third kappa shape index (κ3) is 8.32. The van der Waals surface area contributed by atoms with Crippen LogP contribution in [-0.4, -0.2) is 71.9 Å². The number of benzene rings is 2. The largest absolute Gasteiger partial charge is 0.496 e. The topological polar surface area (TPSA) is 138 Å². The second kappa shape index (κ2) is 16.1. The van der Waals surface area contributed by atoms with Gasteiger partial charge in [0.15, 0.2) is 11.6 Å². The van der Waals surface area contributed by atoms with Gasteiger partial charge >= 0.3 is 6.09 Å². The summed E-state index contributed by atoms with van der Waals surface area (Å²) in [7, 11) is 3.30. The number of methoxy groups -OCH3 is 1. The molecule has 48 heavy (non-hydrogen) atoms. The highest BCUT2D eigenvalue weighted by Gasteiger charge is 2.22. The molecule has 0 radical (unpaired) electrons. The monoisotopic (exact) mass is 696 g/mol. The molecule has 1 saturated heterocycles. The number of nitrogens with zero attached hydrogens (tertiary/aromatic N) is 3. The molecule has 1 aliphatic rings. The van der Waals surface area contributed by atoms with Gasteiger partial charge in [-0.1, -0.05) is 47.5 Å². The second-order valence-electron chi connectivity index (χ2n) is 11.2. The summed E-state index contributed by atoms with van der Waals surface area (Å²) in [5.74, 6) is -0.0628. The van der Waals surface area contributed by atoms with Gasteiger partial charge in [-0.2, -0.15) is 0 Å². The van der Waals surface area contributed by atoms with E-state index < -0.39 is 11.9 Å². The third-order valence-corrected chi connectivity index (χ3v) is 8.61. The van der Waals surface area contributed by atoms with Crippen molar-refractivity contribution < 1.29 is 28.6 Å². The minimum absolute atomic E-state index is 0.0152. The van der Waals surface area contributed by atoms with Crippen molar-refractivity contribution in [1.29, 1.82) is 0 Å². The summed E-state index contributed by atoms with van der Waals surface area (Å²) in [6.45, 7) is 0.912. The summed E-state index contributed by atoms with van der Waals surface area (Å²) in [4.78, 5) is 34.1. The number of pyridine rings is 2. The van der Waals surface area contributed by atoms with Gasteiger partial charge in [-0.3, -0.25) is 14.7 Å². The molecule has 14 heteroatoms. The number of halogens is 3. The highest BCUT2D eigenvalue weighted by molar-refractivity contribution is 6.39. The molecule has 4 N–H and O–H groups in total. The fourth-order valence-corrected chi connectivity index (χ4v) is 5.89. The van der Waals surface area contributed by atoms with Crippen LogP contribution in [0.15, 0.2) is 60.9 Å². The molecule has 2 aromatic heterocycles. The van der Waals surface area contributed by atoms with E-state index in [2.05, 4.69) is 25.9 Å². The molecule has 0 saturated carbocycles. The molecule has 1 aliphatic heterocycles. The van der Waals surface area contributed by atoms with Crippen LogP contribution in [0.3, 0.4) is 0 Å². The Bertz CT molecular complexity index is 1800. The maximum absolute atomic E-state index is 15.4. The number of hydrogen-bond acceptors (Lipinski definition) is 9. The van der Waals surface area contributed by atoms with Gasteiger partial charge < -0.3 is 30.5 Å². The van der Waals surface area contributed by atoms with Gasteiger partial charge in [0.25, 0.3) is 0 Å². The van der Waals surface area contributed by atoms with Crippen LogP contribution in [0.2, 0.25) is 10.0 Å². The van der Waals surface area contributed by atoms with Crippen LogP contribution in [0.4, 0.5) is 20.7 Å². The fraction of sp³-hybridized carbons (Fsp3) is 0.294. The Morgan fingerprint density at radius 3 is 2.65 bits per heavy atom. The Hall–Kier alpha value is -4.49. The van der Waals surface area contributed by atoms with Crippen molar-refractivity contribution in [2.24, 2.45) is 0 Å². The van der Waals surface area contributed by atoms with E-state index >= 15 is 4.39 Å². The molecule has 4 aromatic rings. The van der Waals surface area contributed by atoms with Gasteiger partial charge in [0.1, 0.15) is 12.4 Å². The fourth-order valence-electron chi connectivity index (χ4n) is 5.29. The van der Waals surface area contributed by atoms with E-state index in [9.17, 15) is 14.7 Å². The van der Waals surface area contributed by atoms with Crippen molar-refractivity contribution in [3.8, 4) is 28.1 Å². The zero-order valence-corrected chi connectivity index (χ0v) is 27.9. The lowest BCUT2D eigenvalue weighted by molar-refractivity contribution is -0.119. The molecule has 5 rings (SSSR count). The maximum atomic E-state index is 15.4. The van der Waals surface area contributed by atoms with Crippen LogP contribution in [0.5, 0.6) is 5.75 Å². The summed E-state index contributed by atoms with van der Waals surface area (Å²) in [6, 6.07) is 13.8. The number of likely N-dealkylation sites (N-methyl/N-ethyl adjacent to an activating group) is 1. The SMILES string of the molecule is COc1cc(-c2nccc(-c3cccc(Nc4nccc(CN(C)CCO)c4F)c3Cl)c2Cl)ccc1COC(=O)NC[C@@H]1CCC(=O)N1. The van der Waals surface area contributed by atoms with Crippen LogP contribution in [0.25, 0.3) is 22.4 Å². The molecule has 0 spiro atoms. The average molecular weight is 698 g/mol. The number of carbonyl (C=O) groups excluding carboxylic acids is 2. The summed E-state index contributed by atoms with van der Waals surface area (Å²) < 4.78 is 26.3. The first-order valence-electron chi connectivity index (χ1n) is 15.2. The number of aromatic nitrogens is 2. The minimum atomic E-state index is -0.606. The first-order valence-corrected chi connectivity index (χ1v) is 15.9. The number of alkyl carbamates (subject to hydrolysis) is 1. The van der Waals surface area contributed by atoms with Crippen molar-refractivity contribution in [3.05, 3.63) is 87.9 Å². The molecule has 0 unspecified atom stereocenters. The zero-order valence-electron chi connectivity index (χ0n) is 26.4. The predicted octanol–water partition coefficient (Wildman–Crippen LogP) is 5.94. The van der Waals surface area contributed by atoms with Gasteiger partial charge in [-0.05, 0) is 37.7 Å². The van der Waals surface area contributed by atoms with Crippen LogP contribution in [0.1, 0.15) is 24.0 Å². The summed E-state index contributed by atoms with van der Waals surface area (Å²) in [6.07, 6.45) is 3.63. The Labute approximate surface area is 287 Å². The lowest BCUT2D eigenvalue weighted by Crippen LogP contribution is -2.38. The molecular weight excluding hydrogens is 662 g/mol. The molecule has 11 nitrogen and oxygen atoms in total. The van der Waals surface area contributed by atoms with E-state index in [4.69, 9.17) is 32.7 Å². The molecule has 0 aliphatic carbocycles. The van der Waals surface area contributed by atoms with Crippen molar-refractivity contribution in [2.45, 2.75) is 32.0 Å². The average Bonchev–Trinajstić information content (AvgIpc) is 3.50. The number of aliphatic hydroxyl groups excluding tert-OH is 1. The van der Waals surface area contributed by atoms with E-state index in [1.54, 1.807) is 66.7 Å². The number of amides is 2. The number of rotatable bonds is 13. The molecule has 1 atom stereocenters. The van der Waals surface area contributed by atoms with Crippen LogP contribution in [0, 0.1) is 5.82 Å². The lowest BCUT2D eigenvalue weighted by atomic mass is 10.0. The normalized spacial score (nSPS) is 14.1. The molecule has 1 fully saturated rings. The Morgan fingerprint density at radius 2 is 1.90 bits per heavy atom. The highest BCUT2D eigenvalue weighted by atomic mass is 35.5. The highest BCUT2D eigenvalue weighted by Crippen LogP contribution is 2.42. The number of hydrogen-bond donors (Lipinski definition) is 4. The van der Waals surface area contributed by atoms with E-state index in [-0.39, 0.29) is 37.5 Å². The number of aliphatic hydroxyl groups is 1. The van der Waals surface area contributed by atoms with Crippen LogP contribution < -0.4 is 20.7 Å². The van der Waals surface area contributed by atoms with Crippen molar-refractivity contribution in [3.63, 3.8) is 0 Å². The maximum Gasteiger partial charge on any atom is 0.407 e. The smallest absolute Gasteiger partial charge is 0.407 e. The standard InChI is InChI=1S/C34H35Cl2FN6O5/c1-43(14-15-44)18-21-10-12-39-33(31(21)37)42-26-5-3-4-24(29(26)35)25-11-13-38-32(30(25)36)20-6-7-22(27(16-20)47-2)19-48-34(46)40-17-23-8-9-28(45)41-23/h3-7,10-13,16,23,44H,8-9,14-15,17-19H2,1-2H3,(H,39,42)(H,40,46)(H,41,45)/t23-/m0/s1. The van der Waals surface area contributed by atoms with E-state index in [1.807, 2.05) is 0 Å². The van der Waals surface area contributed by atoms with Crippen molar-refractivity contribution in [2.75, 3.05) is 39.2 Å². The predicted molar refractivity (Wildman–Crippen MR) is 182 cm³/mol. The Balaban J connectivity index is 1.33. The minimum Gasteiger partial charge on any atom is -0.496 e. The Morgan fingerprint density at radius 1 is 1.10 bits per heavy atom. The third-order valence-electron chi connectivity index (χ3n) is 7.82. The molecule has 2 amide bonds. The van der Waals surface area contributed by atoms with E-state index in [1.165, 1.54) is 13.3 Å². The van der Waals surface area contributed by atoms with Gasteiger partial charge in [-0.25, -0.2) is 14.2 Å². The first-order chi connectivity index (χ1) is 23.2. The van der Waals surface area contributed by atoms with E-state index in [0.29, 0.717) is 80.9 Å². The lowest BCUT2D eigenvalue weighted by Gasteiger charge is -2.17. The van der Waals surface area contributed by atoms with Crippen LogP contribution in [-0.2, 0) is 22.7 Å². The summed E-state index contributed by atoms with van der Waals surface area (Å²) >= 11 is 13.8. The molecule has 252 valence electrons. The zero-order chi connectivity index (χ0) is 34.2. The molecular formula is C34H35Cl2FN6O5. The summed E-state index contributed by atoms with van der Waals surface area (Å²) in [5, 5.41) is 18.3. The van der Waals surface area contributed by atoms with Gasteiger partial charge in [0.05, 0.1) is 35.1 Å². The number of carbonyl (C=O) groups is 2. The first kappa shape index (κ1) is 34.8. The van der Waals surface area contributed by atoms with Crippen molar-refractivity contribution in [1.82, 2.24) is 25.5 Å². The quantitative estimate of drug-likeness (QED) is 0.134. The molecule has 3 heterocycles. The Kier molecular flexibility index (Phi) is 11.7. The van der Waals surface area contributed by atoms with E-state index in [0.717, 1.165) is 0 Å².